The highest BCUT2D eigenvalue weighted by Crippen LogP contribution is 2.41. The van der Waals surface area contributed by atoms with Crippen molar-refractivity contribution in [1.82, 2.24) is 15.5 Å². The fraction of sp³-hybridized carbons (Fsp3) is 0.600. The maximum Gasteiger partial charge on any atom is 0.407 e. The van der Waals surface area contributed by atoms with Crippen LogP contribution < -0.4 is 10.6 Å². The van der Waals surface area contributed by atoms with E-state index in [2.05, 4.69) is 20.5 Å². The minimum atomic E-state index is -0.506. The highest BCUT2D eigenvalue weighted by Gasteiger charge is 2.41. The zero-order valence-electron chi connectivity index (χ0n) is 16.5. The van der Waals surface area contributed by atoms with Crippen molar-refractivity contribution >= 4 is 12.1 Å². The Morgan fingerprint density at radius 2 is 2.04 bits per heavy atom. The molecule has 1 heterocycles. The number of hydrogen-bond donors (Lipinski definition) is 2. The van der Waals surface area contributed by atoms with Crippen LogP contribution >= 0.6 is 0 Å². The van der Waals surface area contributed by atoms with Gasteiger partial charge in [0, 0.05) is 32.1 Å². The standard InChI is InChI=1S/C20H29FN4O2/c1-20(2,3)27-19(26)23-13-9-10-25(12-13)18(22-4)24-17-11-15(17)14-7-5-6-8-16(14)21/h5-8,13,15,17H,9-12H2,1-4H3,(H,22,24)(H,23,26). The van der Waals surface area contributed by atoms with E-state index in [1.165, 1.54) is 6.07 Å². The number of nitrogens with zero attached hydrogens (tertiary/aromatic N) is 2. The molecule has 1 saturated heterocycles. The van der Waals surface area contributed by atoms with Crippen molar-refractivity contribution in [2.75, 3.05) is 20.1 Å². The molecule has 0 aromatic heterocycles. The predicted octanol–water partition coefficient (Wildman–Crippen LogP) is 2.86. The first-order valence-corrected chi connectivity index (χ1v) is 9.49. The molecule has 0 radical (unpaired) electrons. The van der Waals surface area contributed by atoms with Crippen LogP contribution in [0.15, 0.2) is 29.3 Å². The molecule has 1 aliphatic carbocycles. The SMILES string of the molecule is CN=C(NC1CC1c1ccccc1F)N1CCC(NC(=O)OC(C)(C)C)C1. The van der Waals surface area contributed by atoms with Crippen molar-refractivity contribution in [2.45, 2.75) is 57.2 Å². The van der Waals surface area contributed by atoms with Crippen LogP contribution in [0.25, 0.3) is 0 Å². The molecule has 3 rings (SSSR count). The quantitative estimate of drug-likeness (QED) is 0.629. The Morgan fingerprint density at radius 3 is 2.70 bits per heavy atom. The molecule has 0 spiro atoms. The highest BCUT2D eigenvalue weighted by atomic mass is 19.1. The molecule has 27 heavy (non-hydrogen) atoms. The van der Waals surface area contributed by atoms with E-state index < -0.39 is 5.60 Å². The van der Waals surface area contributed by atoms with Gasteiger partial charge in [0.05, 0.1) is 6.04 Å². The number of alkyl carbamates (subject to hydrolysis) is 1. The molecule has 148 valence electrons. The summed E-state index contributed by atoms with van der Waals surface area (Å²) in [5, 5.41) is 6.36. The van der Waals surface area contributed by atoms with Crippen LogP contribution in [-0.2, 0) is 4.74 Å². The second kappa shape index (κ2) is 7.74. The van der Waals surface area contributed by atoms with E-state index >= 15 is 0 Å². The number of carbonyl (C=O) groups is 1. The highest BCUT2D eigenvalue weighted by molar-refractivity contribution is 5.81. The van der Waals surface area contributed by atoms with E-state index in [-0.39, 0.29) is 29.9 Å². The minimum absolute atomic E-state index is 0.0277. The fourth-order valence-electron chi connectivity index (χ4n) is 3.48. The summed E-state index contributed by atoms with van der Waals surface area (Å²) in [6.45, 7) is 7.02. The van der Waals surface area contributed by atoms with Gasteiger partial charge in [0.15, 0.2) is 5.96 Å². The molecule has 2 aliphatic rings. The first-order valence-electron chi connectivity index (χ1n) is 9.49. The van der Waals surface area contributed by atoms with Gasteiger partial charge >= 0.3 is 6.09 Å². The van der Waals surface area contributed by atoms with Crippen LogP contribution in [0.3, 0.4) is 0 Å². The average Bonchev–Trinajstić information content (AvgIpc) is 3.19. The van der Waals surface area contributed by atoms with E-state index in [0.29, 0.717) is 6.54 Å². The molecule has 1 aromatic rings. The van der Waals surface area contributed by atoms with Crippen LogP contribution in [0, 0.1) is 5.82 Å². The van der Waals surface area contributed by atoms with E-state index in [9.17, 15) is 9.18 Å². The van der Waals surface area contributed by atoms with E-state index in [4.69, 9.17) is 4.74 Å². The number of hydrogen-bond acceptors (Lipinski definition) is 3. The molecule has 3 atom stereocenters. The van der Waals surface area contributed by atoms with Gasteiger partial charge in [-0.15, -0.1) is 0 Å². The number of aliphatic imine (C=N–C) groups is 1. The number of nitrogens with one attached hydrogen (secondary N) is 2. The summed E-state index contributed by atoms with van der Waals surface area (Å²) < 4.78 is 19.3. The largest absolute Gasteiger partial charge is 0.444 e. The lowest BCUT2D eigenvalue weighted by atomic mass is 10.1. The molecule has 1 saturated carbocycles. The second-order valence-corrected chi connectivity index (χ2v) is 8.24. The van der Waals surface area contributed by atoms with Crippen molar-refractivity contribution in [1.29, 1.82) is 0 Å². The van der Waals surface area contributed by atoms with Gasteiger partial charge in [0.2, 0.25) is 0 Å². The number of rotatable bonds is 3. The van der Waals surface area contributed by atoms with Gasteiger partial charge in [-0.2, -0.15) is 0 Å². The zero-order valence-corrected chi connectivity index (χ0v) is 16.5. The normalized spacial score (nSPS) is 25.3. The lowest BCUT2D eigenvalue weighted by molar-refractivity contribution is 0.0507. The third-order valence-electron chi connectivity index (χ3n) is 4.83. The topological polar surface area (TPSA) is 66.0 Å². The molecular formula is C20H29FN4O2. The van der Waals surface area contributed by atoms with Crippen molar-refractivity contribution in [2.24, 2.45) is 4.99 Å². The summed E-state index contributed by atoms with van der Waals surface area (Å²) in [7, 11) is 1.75. The molecule has 7 heteroatoms. The Balaban J connectivity index is 1.50. The smallest absolute Gasteiger partial charge is 0.407 e. The molecule has 1 aliphatic heterocycles. The minimum Gasteiger partial charge on any atom is -0.444 e. The Kier molecular flexibility index (Phi) is 5.58. The van der Waals surface area contributed by atoms with Gasteiger partial charge < -0.3 is 20.3 Å². The molecule has 1 amide bonds. The maximum absolute atomic E-state index is 13.9. The fourth-order valence-corrected chi connectivity index (χ4v) is 3.48. The summed E-state index contributed by atoms with van der Waals surface area (Å²) in [5.74, 6) is 0.832. The summed E-state index contributed by atoms with van der Waals surface area (Å²) in [6.07, 6.45) is 1.34. The van der Waals surface area contributed by atoms with Gasteiger partial charge in [-0.3, -0.25) is 4.99 Å². The summed E-state index contributed by atoms with van der Waals surface area (Å²) >= 11 is 0. The third kappa shape index (κ3) is 5.11. The van der Waals surface area contributed by atoms with Gasteiger partial charge in [0.1, 0.15) is 11.4 Å². The Hall–Kier alpha value is -2.31. The number of halogens is 1. The lowest BCUT2D eigenvalue weighted by Crippen LogP contribution is -2.44. The molecule has 2 fully saturated rings. The number of likely N-dealkylation sites (tertiary alicyclic amines) is 1. The summed E-state index contributed by atoms with van der Waals surface area (Å²) in [6, 6.07) is 7.16. The predicted molar refractivity (Wildman–Crippen MR) is 103 cm³/mol. The van der Waals surface area contributed by atoms with Crippen LogP contribution in [0.5, 0.6) is 0 Å². The molecule has 2 N–H and O–H groups in total. The third-order valence-corrected chi connectivity index (χ3v) is 4.83. The summed E-state index contributed by atoms with van der Waals surface area (Å²) in [4.78, 5) is 18.4. The summed E-state index contributed by atoms with van der Waals surface area (Å²) in [5.41, 5.74) is 0.254. The first-order chi connectivity index (χ1) is 12.8. The van der Waals surface area contributed by atoms with Gasteiger partial charge in [-0.25, -0.2) is 9.18 Å². The van der Waals surface area contributed by atoms with Gasteiger partial charge in [-0.05, 0) is 45.2 Å². The molecular weight excluding hydrogens is 347 g/mol. The number of amides is 1. The lowest BCUT2D eigenvalue weighted by Gasteiger charge is -2.23. The van der Waals surface area contributed by atoms with E-state index in [0.717, 1.165) is 30.9 Å². The molecule has 3 unspecified atom stereocenters. The van der Waals surface area contributed by atoms with Gasteiger partial charge in [0.25, 0.3) is 0 Å². The van der Waals surface area contributed by atoms with Crippen molar-refractivity contribution in [3.05, 3.63) is 35.6 Å². The van der Waals surface area contributed by atoms with Crippen LogP contribution in [0.4, 0.5) is 9.18 Å². The van der Waals surface area contributed by atoms with Crippen molar-refractivity contribution < 1.29 is 13.9 Å². The number of ether oxygens (including phenoxy) is 1. The monoisotopic (exact) mass is 376 g/mol. The zero-order chi connectivity index (χ0) is 19.6. The second-order valence-electron chi connectivity index (χ2n) is 8.24. The van der Waals surface area contributed by atoms with E-state index in [1.54, 1.807) is 13.1 Å². The number of benzene rings is 1. The molecule has 0 bridgehead atoms. The van der Waals surface area contributed by atoms with Gasteiger partial charge in [-0.1, -0.05) is 18.2 Å². The molecule has 1 aromatic carbocycles. The van der Waals surface area contributed by atoms with Crippen LogP contribution in [0.2, 0.25) is 0 Å². The molecule has 6 nitrogen and oxygen atoms in total. The number of guanidine groups is 1. The average molecular weight is 376 g/mol. The Labute approximate surface area is 160 Å². The van der Waals surface area contributed by atoms with Crippen LogP contribution in [0.1, 0.15) is 45.1 Å². The Morgan fingerprint density at radius 1 is 1.30 bits per heavy atom. The first kappa shape index (κ1) is 19.5. The Bertz CT molecular complexity index is 716. The van der Waals surface area contributed by atoms with Crippen molar-refractivity contribution in [3.63, 3.8) is 0 Å². The maximum atomic E-state index is 13.9. The number of carbonyl (C=O) groups excluding carboxylic acids is 1. The van der Waals surface area contributed by atoms with Crippen molar-refractivity contribution in [3.8, 4) is 0 Å². The van der Waals surface area contributed by atoms with Crippen LogP contribution in [-0.4, -0.2) is 54.8 Å². The van der Waals surface area contributed by atoms with E-state index in [1.807, 2.05) is 32.9 Å².